The molecular weight excluding hydrogens is 352 g/mol. The third-order valence-corrected chi connectivity index (χ3v) is 4.93. The zero-order valence-corrected chi connectivity index (χ0v) is 15.8. The zero-order valence-electron chi connectivity index (χ0n) is 15.8. The fourth-order valence-corrected chi connectivity index (χ4v) is 3.31. The molecule has 28 heavy (non-hydrogen) atoms. The molecule has 0 radical (unpaired) electrons. The molecule has 0 spiro atoms. The van der Waals surface area contributed by atoms with Gasteiger partial charge in [-0.3, -0.25) is 4.79 Å². The quantitative estimate of drug-likeness (QED) is 0.742. The van der Waals surface area contributed by atoms with Crippen LogP contribution in [-0.4, -0.2) is 34.7 Å². The number of hydrogen-bond acceptors (Lipinski definition) is 5. The van der Waals surface area contributed by atoms with Crippen molar-refractivity contribution in [1.82, 2.24) is 15.1 Å². The molecule has 1 aliphatic heterocycles. The number of fused-ring (bicyclic) bond motifs is 1. The number of aromatic nitrogens is 2. The standard InChI is InChI=1S/C22H22N4O2/c1-28-19-8-6-16(7-9-19)14-23-21-11-10-20(24-25-21)22(27)26-13-12-17-4-2-3-5-18(17)15-26/h2-11H,12-15H2,1H3,(H,23,25). The van der Waals surface area contributed by atoms with Crippen molar-refractivity contribution in [2.75, 3.05) is 19.0 Å². The summed E-state index contributed by atoms with van der Waals surface area (Å²) in [4.78, 5) is 14.6. The molecule has 6 heteroatoms. The number of carbonyl (C=O) groups excluding carboxylic acids is 1. The molecule has 6 nitrogen and oxygen atoms in total. The first kappa shape index (κ1) is 18.0. The Bertz CT molecular complexity index is 955. The van der Waals surface area contributed by atoms with Gasteiger partial charge in [-0.15, -0.1) is 10.2 Å². The number of amides is 1. The third kappa shape index (κ3) is 3.96. The summed E-state index contributed by atoms with van der Waals surface area (Å²) in [6, 6.07) is 19.6. The van der Waals surface area contributed by atoms with E-state index in [9.17, 15) is 4.79 Å². The molecule has 0 bridgehead atoms. The van der Waals surface area contributed by atoms with Crippen LogP contribution in [0.25, 0.3) is 0 Å². The van der Waals surface area contributed by atoms with Gasteiger partial charge in [-0.2, -0.15) is 0 Å². The summed E-state index contributed by atoms with van der Waals surface area (Å²) in [6.45, 7) is 1.94. The van der Waals surface area contributed by atoms with Crippen molar-refractivity contribution in [2.24, 2.45) is 0 Å². The van der Waals surface area contributed by atoms with Crippen molar-refractivity contribution in [1.29, 1.82) is 0 Å². The topological polar surface area (TPSA) is 67.3 Å². The van der Waals surface area contributed by atoms with Gasteiger partial charge in [0, 0.05) is 19.6 Å². The number of benzene rings is 2. The number of nitrogens with one attached hydrogen (secondary N) is 1. The van der Waals surface area contributed by atoms with Crippen LogP contribution >= 0.6 is 0 Å². The molecular formula is C22H22N4O2. The van der Waals surface area contributed by atoms with Gasteiger partial charge in [-0.1, -0.05) is 36.4 Å². The smallest absolute Gasteiger partial charge is 0.274 e. The minimum atomic E-state index is -0.0799. The number of anilines is 1. The van der Waals surface area contributed by atoms with Gasteiger partial charge in [-0.25, -0.2) is 0 Å². The third-order valence-electron chi connectivity index (χ3n) is 4.93. The molecule has 1 N–H and O–H groups in total. The van der Waals surface area contributed by atoms with E-state index >= 15 is 0 Å². The molecule has 4 rings (SSSR count). The van der Waals surface area contributed by atoms with Crippen LogP contribution in [0.15, 0.2) is 60.7 Å². The Balaban J connectivity index is 1.37. The first-order chi connectivity index (χ1) is 13.7. The highest BCUT2D eigenvalue weighted by Gasteiger charge is 2.22. The van der Waals surface area contributed by atoms with Gasteiger partial charge in [-0.05, 0) is 47.4 Å². The number of methoxy groups -OCH3 is 1. The molecule has 2 heterocycles. The molecule has 3 aromatic rings. The number of hydrogen-bond donors (Lipinski definition) is 1. The molecule has 142 valence electrons. The maximum absolute atomic E-state index is 12.8. The van der Waals surface area contributed by atoms with E-state index in [1.165, 1.54) is 11.1 Å². The predicted molar refractivity (Wildman–Crippen MR) is 107 cm³/mol. The molecule has 1 amide bonds. The lowest BCUT2D eigenvalue weighted by Crippen LogP contribution is -2.36. The predicted octanol–water partition coefficient (Wildman–Crippen LogP) is 3.30. The molecule has 0 saturated heterocycles. The summed E-state index contributed by atoms with van der Waals surface area (Å²) in [6.07, 6.45) is 0.872. The highest BCUT2D eigenvalue weighted by molar-refractivity contribution is 5.92. The van der Waals surface area contributed by atoms with Crippen LogP contribution in [0.2, 0.25) is 0 Å². The van der Waals surface area contributed by atoms with Crippen LogP contribution in [0.4, 0.5) is 5.82 Å². The van der Waals surface area contributed by atoms with Gasteiger partial charge in [0.25, 0.3) is 5.91 Å². The Kier molecular flexibility index (Phi) is 5.19. The number of nitrogens with zero attached hydrogens (tertiary/aromatic N) is 3. The summed E-state index contributed by atoms with van der Waals surface area (Å²) < 4.78 is 5.16. The van der Waals surface area contributed by atoms with E-state index < -0.39 is 0 Å². The summed E-state index contributed by atoms with van der Waals surface area (Å²) in [7, 11) is 1.65. The SMILES string of the molecule is COc1ccc(CNc2ccc(C(=O)N3CCc4ccccc4C3)nn2)cc1. The summed E-state index contributed by atoms with van der Waals surface area (Å²) in [5.74, 6) is 1.38. The lowest BCUT2D eigenvalue weighted by Gasteiger charge is -2.28. The van der Waals surface area contributed by atoms with E-state index in [1.807, 2.05) is 41.3 Å². The number of ether oxygens (including phenoxy) is 1. The first-order valence-corrected chi connectivity index (χ1v) is 9.29. The Morgan fingerprint density at radius 2 is 1.82 bits per heavy atom. The van der Waals surface area contributed by atoms with E-state index in [2.05, 4.69) is 27.6 Å². The average molecular weight is 374 g/mol. The van der Waals surface area contributed by atoms with Crippen molar-refractivity contribution in [3.05, 3.63) is 83.0 Å². The van der Waals surface area contributed by atoms with Crippen LogP contribution in [0.5, 0.6) is 5.75 Å². The second kappa shape index (κ2) is 8.08. The van der Waals surface area contributed by atoms with Crippen LogP contribution < -0.4 is 10.1 Å². The van der Waals surface area contributed by atoms with Crippen molar-refractivity contribution in [3.8, 4) is 5.75 Å². The van der Waals surface area contributed by atoms with Gasteiger partial charge < -0.3 is 15.0 Å². The van der Waals surface area contributed by atoms with Crippen LogP contribution in [0.3, 0.4) is 0 Å². The maximum Gasteiger partial charge on any atom is 0.274 e. The van der Waals surface area contributed by atoms with Crippen molar-refractivity contribution < 1.29 is 9.53 Å². The molecule has 0 atom stereocenters. The van der Waals surface area contributed by atoms with E-state index in [1.54, 1.807) is 19.2 Å². The molecule has 0 saturated carbocycles. The largest absolute Gasteiger partial charge is 0.497 e. The molecule has 1 aliphatic rings. The maximum atomic E-state index is 12.8. The zero-order chi connectivity index (χ0) is 19.3. The Morgan fingerprint density at radius 3 is 2.54 bits per heavy atom. The Hall–Kier alpha value is -3.41. The minimum Gasteiger partial charge on any atom is -0.497 e. The first-order valence-electron chi connectivity index (χ1n) is 9.29. The normalized spacial score (nSPS) is 13.0. The lowest BCUT2D eigenvalue weighted by atomic mass is 10.00. The van der Waals surface area contributed by atoms with E-state index in [0.29, 0.717) is 31.1 Å². The van der Waals surface area contributed by atoms with Gasteiger partial charge in [0.2, 0.25) is 0 Å². The monoisotopic (exact) mass is 374 g/mol. The Labute approximate surface area is 164 Å². The molecule has 0 unspecified atom stereocenters. The van der Waals surface area contributed by atoms with Crippen molar-refractivity contribution >= 4 is 11.7 Å². The highest BCUT2D eigenvalue weighted by atomic mass is 16.5. The van der Waals surface area contributed by atoms with Crippen molar-refractivity contribution in [2.45, 2.75) is 19.5 Å². The minimum absolute atomic E-state index is 0.0799. The second-order valence-corrected chi connectivity index (χ2v) is 6.75. The van der Waals surface area contributed by atoms with Gasteiger partial charge >= 0.3 is 0 Å². The van der Waals surface area contributed by atoms with Crippen LogP contribution in [0.1, 0.15) is 27.2 Å². The number of rotatable bonds is 5. The van der Waals surface area contributed by atoms with E-state index in [-0.39, 0.29) is 5.91 Å². The second-order valence-electron chi connectivity index (χ2n) is 6.75. The fraction of sp³-hybridized carbons (Fsp3) is 0.227. The van der Waals surface area contributed by atoms with E-state index in [0.717, 1.165) is 17.7 Å². The van der Waals surface area contributed by atoms with Crippen LogP contribution in [0, 0.1) is 0 Å². The molecule has 0 aliphatic carbocycles. The summed E-state index contributed by atoms with van der Waals surface area (Å²) in [5, 5.41) is 11.5. The lowest BCUT2D eigenvalue weighted by molar-refractivity contribution is 0.0727. The fourth-order valence-electron chi connectivity index (χ4n) is 3.31. The van der Waals surface area contributed by atoms with Crippen molar-refractivity contribution in [3.63, 3.8) is 0 Å². The summed E-state index contributed by atoms with van der Waals surface area (Å²) in [5.41, 5.74) is 3.99. The van der Waals surface area contributed by atoms with Crippen LogP contribution in [-0.2, 0) is 19.5 Å². The van der Waals surface area contributed by atoms with Gasteiger partial charge in [0.15, 0.2) is 5.69 Å². The molecule has 1 aromatic heterocycles. The average Bonchev–Trinajstić information content (AvgIpc) is 2.77. The van der Waals surface area contributed by atoms with Gasteiger partial charge in [0.05, 0.1) is 7.11 Å². The number of carbonyl (C=O) groups is 1. The van der Waals surface area contributed by atoms with E-state index in [4.69, 9.17) is 4.74 Å². The molecule has 2 aromatic carbocycles. The molecule has 0 fully saturated rings. The Morgan fingerprint density at radius 1 is 1.04 bits per heavy atom. The summed E-state index contributed by atoms with van der Waals surface area (Å²) >= 11 is 0. The highest BCUT2D eigenvalue weighted by Crippen LogP contribution is 2.20. The van der Waals surface area contributed by atoms with Gasteiger partial charge in [0.1, 0.15) is 11.6 Å².